The van der Waals surface area contributed by atoms with Crippen molar-refractivity contribution in [3.05, 3.63) is 24.3 Å². The fourth-order valence-electron chi connectivity index (χ4n) is 4.07. The summed E-state index contributed by atoms with van der Waals surface area (Å²) in [6, 6.07) is 7.95. The van der Waals surface area contributed by atoms with Gasteiger partial charge in [0.25, 0.3) is 5.79 Å². The van der Waals surface area contributed by atoms with Gasteiger partial charge in [0.2, 0.25) is 0 Å². The van der Waals surface area contributed by atoms with Crippen molar-refractivity contribution in [2.45, 2.75) is 49.9 Å². The second-order valence-corrected chi connectivity index (χ2v) is 5.96. The third kappa shape index (κ3) is 1.18. The summed E-state index contributed by atoms with van der Waals surface area (Å²) in [5.74, 6) is 1.58. The quantitative estimate of drug-likeness (QED) is 0.764. The molecule has 96 valence electrons. The fourth-order valence-corrected chi connectivity index (χ4v) is 4.07. The molecule has 2 bridgehead atoms. The minimum Gasteiger partial charge on any atom is -0.446 e. The van der Waals surface area contributed by atoms with E-state index in [0.29, 0.717) is 5.92 Å². The van der Waals surface area contributed by atoms with E-state index in [1.54, 1.807) is 0 Å². The zero-order valence-electron chi connectivity index (χ0n) is 10.5. The molecule has 2 fully saturated rings. The van der Waals surface area contributed by atoms with E-state index in [0.717, 1.165) is 24.3 Å². The third-order valence-corrected chi connectivity index (χ3v) is 4.95. The average Bonchev–Trinajstić information content (AvgIpc) is 2.72. The maximum atomic E-state index is 6.67. The Bertz CT molecular complexity index is 450. The van der Waals surface area contributed by atoms with Crippen molar-refractivity contribution in [3.8, 4) is 11.5 Å². The van der Waals surface area contributed by atoms with Crippen LogP contribution in [0.4, 0.5) is 0 Å². The summed E-state index contributed by atoms with van der Waals surface area (Å²) in [5, 5.41) is 0. The van der Waals surface area contributed by atoms with Gasteiger partial charge in [-0.3, -0.25) is 0 Å². The van der Waals surface area contributed by atoms with Crippen molar-refractivity contribution in [1.29, 1.82) is 0 Å². The first kappa shape index (κ1) is 10.7. The number of hydrogen-bond donors (Lipinski definition) is 1. The Hall–Kier alpha value is -1.22. The molecule has 2 aliphatic carbocycles. The van der Waals surface area contributed by atoms with Crippen LogP contribution < -0.4 is 15.2 Å². The molecule has 0 amide bonds. The Kier molecular flexibility index (Phi) is 2.03. The summed E-state index contributed by atoms with van der Waals surface area (Å²) in [4.78, 5) is 0. The predicted octanol–water partition coefficient (Wildman–Crippen LogP) is 2.84. The van der Waals surface area contributed by atoms with E-state index in [2.05, 4.69) is 0 Å². The lowest BCUT2D eigenvalue weighted by Crippen LogP contribution is -2.72. The van der Waals surface area contributed by atoms with Crippen LogP contribution in [0.15, 0.2) is 24.3 Å². The molecule has 1 aromatic carbocycles. The Morgan fingerprint density at radius 2 is 1.56 bits per heavy atom. The van der Waals surface area contributed by atoms with Gasteiger partial charge < -0.3 is 15.2 Å². The summed E-state index contributed by atoms with van der Waals surface area (Å²) in [5.41, 5.74) is 6.36. The largest absolute Gasteiger partial charge is 0.446 e. The molecule has 3 heteroatoms. The standard InChI is InChI=1S/C15H19NO2/c16-14-9-3-5-11(6-4-10-14)15(14)17-12-7-1-2-8-13(12)18-15/h1-2,7-8,11H,3-6,9-10,16H2. The van der Waals surface area contributed by atoms with Crippen LogP contribution in [0.3, 0.4) is 0 Å². The molecule has 4 rings (SSSR count). The molecule has 1 aliphatic heterocycles. The number of benzene rings is 1. The highest BCUT2D eigenvalue weighted by atomic mass is 16.7. The molecule has 2 saturated carbocycles. The van der Waals surface area contributed by atoms with Crippen LogP contribution in [0.5, 0.6) is 11.5 Å². The molecule has 0 radical (unpaired) electrons. The van der Waals surface area contributed by atoms with E-state index in [1.165, 1.54) is 25.7 Å². The first-order valence-corrected chi connectivity index (χ1v) is 6.99. The van der Waals surface area contributed by atoms with E-state index in [4.69, 9.17) is 15.2 Å². The van der Waals surface area contributed by atoms with Gasteiger partial charge in [0.15, 0.2) is 11.5 Å². The van der Waals surface area contributed by atoms with E-state index in [1.807, 2.05) is 24.3 Å². The number of fused-ring (bicyclic) bond motifs is 1. The monoisotopic (exact) mass is 245 g/mol. The van der Waals surface area contributed by atoms with E-state index < -0.39 is 5.79 Å². The molecule has 0 atom stereocenters. The Labute approximate surface area is 107 Å². The van der Waals surface area contributed by atoms with Crippen LogP contribution in [0.25, 0.3) is 0 Å². The lowest BCUT2D eigenvalue weighted by Gasteiger charge is -2.54. The molecule has 3 nitrogen and oxygen atoms in total. The van der Waals surface area contributed by atoms with E-state index >= 15 is 0 Å². The van der Waals surface area contributed by atoms with E-state index in [-0.39, 0.29) is 5.54 Å². The molecule has 0 saturated heterocycles. The lowest BCUT2D eigenvalue weighted by molar-refractivity contribution is -0.215. The number of ether oxygens (including phenoxy) is 2. The summed E-state index contributed by atoms with van der Waals surface area (Å²) >= 11 is 0. The maximum Gasteiger partial charge on any atom is 0.272 e. The molecule has 0 aromatic heterocycles. The molecule has 3 aliphatic rings. The summed E-state index contributed by atoms with van der Waals surface area (Å²) in [6.07, 6.45) is 6.77. The van der Waals surface area contributed by atoms with Crippen LogP contribution in [-0.4, -0.2) is 11.3 Å². The van der Waals surface area contributed by atoms with Gasteiger partial charge >= 0.3 is 0 Å². The average molecular weight is 245 g/mol. The Balaban J connectivity index is 1.80. The van der Waals surface area contributed by atoms with Gasteiger partial charge in [-0.2, -0.15) is 0 Å². The second kappa shape index (κ2) is 3.41. The van der Waals surface area contributed by atoms with Gasteiger partial charge in [-0.05, 0) is 37.8 Å². The van der Waals surface area contributed by atoms with E-state index in [9.17, 15) is 0 Å². The molecular weight excluding hydrogens is 226 g/mol. The SMILES string of the molecule is NC12CCCC(CCC1)C21Oc2ccccc2O1. The zero-order chi connectivity index (χ0) is 12.2. The summed E-state index contributed by atoms with van der Waals surface area (Å²) in [6.45, 7) is 0. The first-order valence-electron chi connectivity index (χ1n) is 6.99. The van der Waals surface area contributed by atoms with Crippen molar-refractivity contribution in [2.75, 3.05) is 0 Å². The lowest BCUT2D eigenvalue weighted by atomic mass is 9.63. The predicted molar refractivity (Wildman–Crippen MR) is 68.5 cm³/mol. The van der Waals surface area contributed by atoms with Gasteiger partial charge in [0.05, 0.1) is 5.54 Å². The highest BCUT2D eigenvalue weighted by Gasteiger charge is 2.64. The van der Waals surface area contributed by atoms with Crippen molar-refractivity contribution in [3.63, 3.8) is 0 Å². The molecule has 0 unspecified atom stereocenters. The molecule has 2 N–H and O–H groups in total. The van der Waals surface area contributed by atoms with Gasteiger partial charge in [-0.25, -0.2) is 0 Å². The molecule has 18 heavy (non-hydrogen) atoms. The Morgan fingerprint density at radius 3 is 2.06 bits per heavy atom. The smallest absolute Gasteiger partial charge is 0.272 e. The van der Waals surface area contributed by atoms with Crippen LogP contribution >= 0.6 is 0 Å². The van der Waals surface area contributed by atoms with Crippen LogP contribution in [-0.2, 0) is 0 Å². The Morgan fingerprint density at radius 1 is 1.00 bits per heavy atom. The van der Waals surface area contributed by atoms with Crippen molar-refractivity contribution in [2.24, 2.45) is 11.7 Å². The van der Waals surface area contributed by atoms with Gasteiger partial charge in [-0.15, -0.1) is 0 Å². The van der Waals surface area contributed by atoms with Crippen molar-refractivity contribution < 1.29 is 9.47 Å². The number of rotatable bonds is 0. The highest BCUT2D eigenvalue weighted by Crippen LogP contribution is 2.56. The minimum absolute atomic E-state index is 0.312. The van der Waals surface area contributed by atoms with Gasteiger partial charge in [0, 0.05) is 5.92 Å². The summed E-state index contributed by atoms with van der Waals surface area (Å²) < 4.78 is 12.5. The molecular formula is C15H19NO2. The second-order valence-electron chi connectivity index (χ2n) is 5.96. The number of para-hydroxylation sites is 2. The fraction of sp³-hybridized carbons (Fsp3) is 0.600. The van der Waals surface area contributed by atoms with Crippen LogP contribution in [0.2, 0.25) is 0 Å². The minimum atomic E-state index is -0.590. The molecule has 1 heterocycles. The van der Waals surface area contributed by atoms with Crippen molar-refractivity contribution >= 4 is 0 Å². The number of hydrogen-bond acceptors (Lipinski definition) is 3. The normalized spacial score (nSPS) is 35.7. The number of nitrogens with two attached hydrogens (primary N) is 1. The highest BCUT2D eigenvalue weighted by molar-refractivity contribution is 5.44. The molecule has 1 spiro atoms. The van der Waals surface area contributed by atoms with Crippen LogP contribution in [0.1, 0.15) is 38.5 Å². The maximum absolute atomic E-state index is 6.67. The summed E-state index contributed by atoms with van der Waals surface area (Å²) in [7, 11) is 0. The van der Waals surface area contributed by atoms with Crippen molar-refractivity contribution in [1.82, 2.24) is 0 Å². The van der Waals surface area contributed by atoms with Crippen LogP contribution in [0, 0.1) is 5.92 Å². The first-order chi connectivity index (χ1) is 8.74. The third-order valence-electron chi connectivity index (χ3n) is 4.95. The molecule has 1 aromatic rings. The zero-order valence-corrected chi connectivity index (χ0v) is 10.5. The van der Waals surface area contributed by atoms with Gasteiger partial charge in [0.1, 0.15) is 0 Å². The van der Waals surface area contributed by atoms with Gasteiger partial charge in [-0.1, -0.05) is 25.0 Å². The topological polar surface area (TPSA) is 44.5 Å².